The zero-order valence-corrected chi connectivity index (χ0v) is 18.5. The molecule has 164 valence electrons. The molecule has 2 fully saturated rings. The van der Waals surface area contributed by atoms with Crippen molar-refractivity contribution in [3.8, 4) is 0 Å². The maximum Gasteiger partial charge on any atom is 0.125 e. The van der Waals surface area contributed by atoms with Crippen LogP contribution in [0, 0.1) is 18.2 Å². The average molecular weight is 423 g/mol. The van der Waals surface area contributed by atoms with Crippen molar-refractivity contribution in [3.05, 3.63) is 59.9 Å². The van der Waals surface area contributed by atoms with E-state index in [1.165, 1.54) is 30.5 Å². The lowest BCUT2D eigenvalue weighted by atomic mass is 9.84. The maximum absolute atomic E-state index is 13.5. The van der Waals surface area contributed by atoms with E-state index in [9.17, 15) is 4.39 Å². The quantitative estimate of drug-likeness (QED) is 0.528. The molecule has 0 spiro atoms. The Labute approximate surface area is 183 Å². The predicted molar refractivity (Wildman–Crippen MR) is 119 cm³/mol. The third kappa shape index (κ3) is 3.87. The second-order valence-corrected chi connectivity index (χ2v) is 9.35. The van der Waals surface area contributed by atoms with E-state index < -0.39 is 0 Å². The topological polar surface area (TPSA) is 43.2 Å². The molecular formula is C25H31FN4O. The van der Waals surface area contributed by atoms with E-state index in [4.69, 9.17) is 4.74 Å². The highest BCUT2D eigenvalue weighted by molar-refractivity contribution is 5.75. The van der Waals surface area contributed by atoms with Crippen molar-refractivity contribution in [1.82, 2.24) is 19.4 Å². The summed E-state index contributed by atoms with van der Waals surface area (Å²) in [6, 6.07) is 9.24. The van der Waals surface area contributed by atoms with Gasteiger partial charge >= 0.3 is 0 Å². The van der Waals surface area contributed by atoms with E-state index >= 15 is 0 Å². The summed E-state index contributed by atoms with van der Waals surface area (Å²) in [4.78, 5) is 11.6. The summed E-state index contributed by atoms with van der Waals surface area (Å²) < 4.78 is 21.7. The minimum absolute atomic E-state index is 0.125. The van der Waals surface area contributed by atoms with Crippen molar-refractivity contribution < 1.29 is 9.13 Å². The van der Waals surface area contributed by atoms with E-state index in [0.717, 1.165) is 62.4 Å². The number of nitrogens with zero attached hydrogens (tertiary/aromatic N) is 4. The summed E-state index contributed by atoms with van der Waals surface area (Å²) in [6.07, 6.45) is 8.48. The van der Waals surface area contributed by atoms with Crippen LogP contribution < -0.4 is 0 Å². The van der Waals surface area contributed by atoms with Crippen LogP contribution in [0.3, 0.4) is 0 Å². The molecule has 5 rings (SSSR count). The number of hydrogen-bond acceptors (Lipinski definition) is 4. The second-order valence-electron chi connectivity index (χ2n) is 9.35. The Balaban J connectivity index is 1.34. The molecule has 1 unspecified atom stereocenters. The van der Waals surface area contributed by atoms with Gasteiger partial charge in [0.2, 0.25) is 0 Å². The van der Waals surface area contributed by atoms with Crippen molar-refractivity contribution in [1.29, 1.82) is 0 Å². The molecular weight excluding hydrogens is 391 g/mol. The number of rotatable bonds is 8. The number of hydrogen-bond donors (Lipinski definition) is 0. The van der Waals surface area contributed by atoms with Crippen LogP contribution in [-0.2, 0) is 16.8 Å². The first-order chi connectivity index (χ1) is 15.0. The molecule has 0 N–H and O–H groups in total. The van der Waals surface area contributed by atoms with Crippen LogP contribution in [0.5, 0.6) is 0 Å². The molecule has 1 aliphatic carbocycles. The maximum atomic E-state index is 13.5. The Bertz CT molecular complexity index is 1060. The number of pyridine rings is 1. The second kappa shape index (κ2) is 7.99. The van der Waals surface area contributed by atoms with Crippen LogP contribution >= 0.6 is 0 Å². The Kier molecular flexibility index (Phi) is 5.30. The number of halogens is 1. The van der Waals surface area contributed by atoms with Gasteiger partial charge < -0.3 is 9.30 Å². The van der Waals surface area contributed by atoms with Gasteiger partial charge in [-0.2, -0.15) is 0 Å². The molecule has 0 amide bonds. The lowest BCUT2D eigenvalue weighted by molar-refractivity contribution is 0.0417. The van der Waals surface area contributed by atoms with Crippen molar-refractivity contribution in [2.45, 2.75) is 51.6 Å². The van der Waals surface area contributed by atoms with Crippen molar-refractivity contribution in [2.75, 3.05) is 26.3 Å². The van der Waals surface area contributed by atoms with Gasteiger partial charge in [0.1, 0.15) is 5.82 Å². The number of aromatic nitrogens is 3. The molecule has 0 bridgehead atoms. The van der Waals surface area contributed by atoms with Gasteiger partial charge in [-0.05, 0) is 69.8 Å². The van der Waals surface area contributed by atoms with Crippen LogP contribution in [0.2, 0.25) is 0 Å². The molecule has 1 saturated heterocycles. The van der Waals surface area contributed by atoms with Crippen LogP contribution in [0.25, 0.3) is 11.0 Å². The lowest BCUT2D eigenvalue weighted by Crippen LogP contribution is -2.38. The molecule has 5 nitrogen and oxygen atoms in total. The fourth-order valence-electron chi connectivity index (χ4n) is 5.23. The Morgan fingerprint density at radius 2 is 2.00 bits per heavy atom. The van der Waals surface area contributed by atoms with E-state index in [0.29, 0.717) is 0 Å². The Morgan fingerprint density at radius 3 is 2.74 bits per heavy atom. The fraction of sp³-hybridized carbons (Fsp3) is 0.520. The smallest absolute Gasteiger partial charge is 0.125 e. The largest absolute Gasteiger partial charge is 0.381 e. The van der Waals surface area contributed by atoms with E-state index in [1.807, 2.05) is 19.3 Å². The highest BCUT2D eigenvalue weighted by Crippen LogP contribution is 2.54. The van der Waals surface area contributed by atoms with E-state index in [-0.39, 0.29) is 16.8 Å². The molecule has 2 aromatic heterocycles. The molecule has 1 aliphatic heterocycles. The summed E-state index contributed by atoms with van der Waals surface area (Å²) in [7, 11) is 0. The number of imidazole rings is 1. The molecule has 3 heterocycles. The summed E-state index contributed by atoms with van der Waals surface area (Å²) in [5.74, 6) is -0.239. The van der Waals surface area contributed by atoms with E-state index in [1.54, 1.807) is 0 Å². The number of ether oxygens (including phenoxy) is 1. The first kappa shape index (κ1) is 20.6. The molecule has 3 aromatic rings. The van der Waals surface area contributed by atoms with Gasteiger partial charge in [0.25, 0.3) is 0 Å². The average Bonchev–Trinajstić information content (AvgIpc) is 3.31. The number of fused-ring (bicyclic) bond motifs is 1. The van der Waals surface area contributed by atoms with Gasteiger partial charge in [0.05, 0.1) is 24.0 Å². The minimum atomic E-state index is -0.239. The van der Waals surface area contributed by atoms with Gasteiger partial charge in [-0.3, -0.25) is 9.88 Å². The monoisotopic (exact) mass is 422 g/mol. The molecule has 6 heteroatoms. The Hall–Kier alpha value is -2.31. The summed E-state index contributed by atoms with van der Waals surface area (Å²) in [6.45, 7) is 8.63. The molecule has 1 atom stereocenters. The summed E-state index contributed by atoms with van der Waals surface area (Å²) in [5, 5.41) is 0. The molecule has 0 radical (unpaired) electrons. The fourth-order valence-corrected chi connectivity index (χ4v) is 5.23. The van der Waals surface area contributed by atoms with Crippen molar-refractivity contribution in [3.63, 3.8) is 0 Å². The molecule has 31 heavy (non-hydrogen) atoms. The van der Waals surface area contributed by atoms with Crippen LogP contribution in [0.15, 0.2) is 42.9 Å². The summed E-state index contributed by atoms with van der Waals surface area (Å²) in [5.41, 5.74) is 4.42. The zero-order chi connectivity index (χ0) is 21.5. The van der Waals surface area contributed by atoms with Gasteiger partial charge in [-0.1, -0.05) is 6.07 Å². The third-order valence-electron chi connectivity index (χ3n) is 7.29. The molecule has 1 aromatic carbocycles. The zero-order valence-electron chi connectivity index (χ0n) is 18.5. The highest BCUT2D eigenvalue weighted by atomic mass is 19.1. The number of benzene rings is 1. The highest BCUT2D eigenvalue weighted by Gasteiger charge is 2.54. The SMILES string of the molecule is CCOCC1(CCn2cnc3cc(F)ccc32)CCN(C2(c3ccc(C)nc3)CC2)C1. The van der Waals surface area contributed by atoms with Gasteiger partial charge in [-0.25, -0.2) is 9.37 Å². The first-order valence-electron chi connectivity index (χ1n) is 11.4. The lowest BCUT2D eigenvalue weighted by Gasteiger charge is -2.33. The minimum Gasteiger partial charge on any atom is -0.381 e. The van der Waals surface area contributed by atoms with Gasteiger partial charge in [0.15, 0.2) is 0 Å². The van der Waals surface area contributed by atoms with Crippen molar-refractivity contribution >= 4 is 11.0 Å². The Morgan fingerprint density at radius 1 is 1.13 bits per heavy atom. The van der Waals surface area contributed by atoms with Gasteiger partial charge in [0, 0.05) is 48.6 Å². The standard InChI is InChI=1S/C25H31FN4O/c1-3-31-17-24(10-12-29-18-28-22-14-21(26)6-7-23(22)29)11-13-30(16-24)25(8-9-25)20-5-4-19(2)27-15-20/h4-7,14-15,18H,3,8-13,16-17H2,1-2H3. The van der Waals surface area contributed by atoms with Crippen LogP contribution in [0.4, 0.5) is 4.39 Å². The molecule has 1 saturated carbocycles. The third-order valence-corrected chi connectivity index (χ3v) is 7.29. The number of likely N-dealkylation sites (tertiary alicyclic amines) is 1. The normalized spacial score (nSPS) is 22.9. The van der Waals surface area contributed by atoms with Crippen LogP contribution in [0.1, 0.15) is 43.9 Å². The van der Waals surface area contributed by atoms with Crippen LogP contribution in [-0.4, -0.2) is 45.7 Å². The van der Waals surface area contributed by atoms with Crippen molar-refractivity contribution in [2.24, 2.45) is 5.41 Å². The predicted octanol–water partition coefficient (Wildman–Crippen LogP) is 4.69. The summed E-state index contributed by atoms with van der Waals surface area (Å²) >= 11 is 0. The van der Waals surface area contributed by atoms with E-state index in [2.05, 4.69) is 44.7 Å². The first-order valence-corrected chi connectivity index (χ1v) is 11.4. The number of aryl methyl sites for hydroxylation is 2. The van der Waals surface area contributed by atoms with Gasteiger partial charge in [-0.15, -0.1) is 0 Å². The molecule has 2 aliphatic rings.